The van der Waals surface area contributed by atoms with Crippen molar-refractivity contribution in [3.05, 3.63) is 42.0 Å². The monoisotopic (exact) mass is 246 g/mol. The number of methoxy groups -OCH3 is 1. The minimum Gasteiger partial charge on any atom is -0.463 e. The zero-order valence-electron chi connectivity index (χ0n) is 10.2. The minimum atomic E-state index is -0.563. The average Bonchev–Trinajstić information content (AvgIpc) is 2.87. The van der Waals surface area contributed by atoms with Crippen molar-refractivity contribution in [1.82, 2.24) is 14.8 Å². The van der Waals surface area contributed by atoms with Gasteiger partial charge in [0.25, 0.3) is 5.82 Å². The fourth-order valence-corrected chi connectivity index (χ4v) is 1.65. The number of hydrogen-bond acceptors (Lipinski definition) is 5. The predicted octanol–water partition coefficient (Wildman–Crippen LogP) is 1.07. The first-order chi connectivity index (χ1) is 8.63. The number of aromatic nitrogens is 3. The van der Waals surface area contributed by atoms with E-state index in [9.17, 15) is 4.79 Å². The Bertz CT molecular complexity index is 563. The van der Waals surface area contributed by atoms with Crippen molar-refractivity contribution in [3.8, 4) is 5.69 Å². The maximum absolute atomic E-state index is 11.3. The predicted molar refractivity (Wildman–Crippen MR) is 65.3 cm³/mol. The van der Waals surface area contributed by atoms with Crippen LogP contribution in [0, 0.1) is 0 Å². The summed E-state index contributed by atoms with van der Waals surface area (Å²) in [6.07, 6.45) is 1.47. The van der Waals surface area contributed by atoms with E-state index in [-0.39, 0.29) is 11.9 Å². The number of nitrogens with zero attached hydrogens (tertiary/aromatic N) is 3. The van der Waals surface area contributed by atoms with Crippen LogP contribution in [0.5, 0.6) is 0 Å². The van der Waals surface area contributed by atoms with Gasteiger partial charge in [0.05, 0.1) is 12.8 Å². The van der Waals surface area contributed by atoms with E-state index in [0.29, 0.717) is 0 Å². The molecule has 0 fully saturated rings. The summed E-state index contributed by atoms with van der Waals surface area (Å²) in [5, 5.41) is 4.07. The summed E-state index contributed by atoms with van der Waals surface area (Å²) in [5.41, 5.74) is 7.62. The van der Waals surface area contributed by atoms with E-state index in [2.05, 4.69) is 14.8 Å². The first kappa shape index (κ1) is 12.3. The van der Waals surface area contributed by atoms with E-state index in [1.807, 2.05) is 31.2 Å². The molecule has 0 bridgehead atoms. The van der Waals surface area contributed by atoms with Crippen LogP contribution in [0.4, 0.5) is 0 Å². The Morgan fingerprint density at radius 2 is 2.17 bits per heavy atom. The van der Waals surface area contributed by atoms with Crippen molar-refractivity contribution in [2.24, 2.45) is 5.73 Å². The second-order valence-corrected chi connectivity index (χ2v) is 3.85. The second kappa shape index (κ2) is 4.97. The third-order valence-electron chi connectivity index (χ3n) is 2.53. The van der Waals surface area contributed by atoms with E-state index in [0.717, 1.165) is 11.3 Å². The highest BCUT2D eigenvalue weighted by Crippen LogP contribution is 2.18. The lowest BCUT2D eigenvalue weighted by atomic mass is 10.1. The first-order valence-corrected chi connectivity index (χ1v) is 5.48. The highest BCUT2D eigenvalue weighted by Gasteiger charge is 2.14. The van der Waals surface area contributed by atoms with Crippen LogP contribution in [0.25, 0.3) is 5.69 Å². The topological polar surface area (TPSA) is 83.0 Å². The molecule has 18 heavy (non-hydrogen) atoms. The molecule has 1 atom stereocenters. The Labute approximate surface area is 104 Å². The molecule has 0 amide bonds. The number of ether oxygens (including phenoxy) is 1. The summed E-state index contributed by atoms with van der Waals surface area (Å²) in [6, 6.07) is 7.43. The molecule has 0 spiro atoms. The zero-order chi connectivity index (χ0) is 13.1. The fourth-order valence-electron chi connectivity index (χ4n) is 1.65. The smallest absolute Gasteiger partial charge is 0.377 e. The third kappa shape index (κ3) is 2.23. The Hall–Kier alpha value is -2.21. The molecule has 2 N–H and O–H groups in total. The normalized spacial score (nSPS) is 12.2. The molecule has 1 heterocycles. The van der Waals surface area contributed by atoms with E-state index in [1.54, 1.807) is 0 Å². The highest BCUT2D eigenvalue weighted by atomic mass is 16.5. The van der Waals surface area contributed by atoms with E-state index < -0.39 is 5.97 Å². The van der Waals surface area contributed by atoms with Gasteiger partial charge in [-0.05, 0) is 18.6 Å². The van der Waals surface area contributed by atoms with Gasteiger partial charge in [-0.2, -0.15) is 0 Å². The van der Waals surface area contributed by atoms with Gasteiger partial charge < -0.3 is 10.5 Å². The van der Waals surface area contributed by atoms with E-state index in [1.165, 1.54) is 18.1 Å². The summed E-state index contributed by atoms with van der Waals surface area (Å²) in [5.74, 6) is -0.538. The van der Waals surface area contributed by atoms with Gasteiger partial charge in [-0.25, -0.2) is 14.5 Å². The molecular weight excluding hydrogens is 232 g/mol. The van der Waals surface area contributed by atoms with Crippen LogP contribution in [0.3, 0.4) is 0 Å². The molecule has 6 heteroatoms. The molecule has 0 saturated heterocycles. The number of nitrogens with two attached hydrogens (primary N) is 1. The van der Waals surface area contributed by atoms with Crippen LogP contribution < -0.4 is 5.73 Å². The van der Waals surface area contributed by atoms with Crippen molar-refractivity contribution >= 4 is 5.97 Å². The standard InChI is InChI=1S/C12H14N4O2/c1-8(13)9-5-3-4-6-10(9)16-7-14-11(15-16)12(17)18-2/h3-8H,13H2,1-2H3/t8-/m0/s1. The summed E-state index contributed by atoms with van der Waals surface area (Å²) in [6.45, 7) is 1.89. The molecule has 2 aromatic rings. The largest absolute Gasteiger partial charge is 0.463 e. The molecule has 94 valence electrons. The number of para-hydroxylation sites is 1. The van der Waals surface area contributed by atoms with Gasteiger partial charge >= 0.3 is 5.97 Å². The van der Waals surface area contributed by atoms with Crippen molar-refractivity contribution in [1.29, 1.82) is 0 Å². The van der Waals surface area contributed by atoms with Crippen molar-refractivity contribution in [3.63, 3.8) is 0 Å². The van der Waals surface area contributed by atoms with Gasteiger partial charge in [0.15, 0.2) is 0 Å². The zero-order valence-corrected chi connectivity index (χ0v) is 10.2. The van der Waals surface area contributed by atoms with Crippen LogP contribution in [-0.2, 0) is 4.74 Å². The number of rotatable bonds is 3. The molecule has 2 rings (SSSR count). The third-order valence-corrected chi connectivity index (χ3v) is 2.53. The average molecular weight is 246 g/mol. The van der Waals surface area contributed by atoms with Gasteiger partial charge in [-0.15, -0.1) is 5.10 Å². The van der Waals surface area contributed by atoms with Crippen LogP contribution in [0.2, 0.25) is 0 Å². The molecule has 6 nitrogen and oxygen atoms in total. The Kier molecular flexibility index (Phi) is 3.38. The van der Waals surface area contributed by atoms with Crippen LogP contribution in [0.15, 0.2) is 30.6 Å². The van der Waals surface area contributed by atoms with Gasteiger partial charge in [0.1, 0.15) is 6.33 Å². The lowest BCUT2D eigenvalue weighted by Crippen LogP contribution is -2.11. The second-order valence-electron chi connectivity index (χ2n) is 3.85. The lowest BCUT2D eigenvalue weighted by molar-refractivity contribution is 0.0587. The van der Waals surface area contributed by atoms with Crippen LogP contribution >= 0.6 is 0 Å². The summed E-state index contributed by atoms with van der Waals surface area (Å²) < 4.78 is 6.08. The summed E-state index contributed by atoms with van der Waals surface area (Å²) in [7, 11) is 1.29. The molecule has 0 saturated carbocycles. The van der Waals surface area contributed by atoms with Gasteiger partial charge in [0.2, 0.25) is 0 Å². The molecule has 0 aliphatic rings. The molecular formula is C12H14N4O2. The minimum absolute atomic E-state index is 0.0250. The molecule has 1 aromatic heterocycles. The first-order valence-electron chi connectivity index (χ1n) is 5.48. The molecule has 0 aliphatic carbocycles. The van der Waals surface area contributed by atoms with Crippen molar-refractivity contribution in [2.45, 2.75) is 13.0 Å². The van der Waals surface area contributed by atoms with Gasteiger partial charge in [-0.1, -0.05) is 18.2 Å². The maximum atomic E-state index is 11.3. The number of carbonyl (C=O) groups is 1. The number of carbonyl (C=O) groups excluding carboxylic acids is 1. The molecule has 0 unspecified atom stereocenters. The molecule has 0 aliphatic heterocycles. The Morgan fingerprint density at radius 3 is 2.83 bits per heavy atom. The van der Waals surface area contributed by atoms with Crippen molar-refractivity contribution < 1.29 is 9.53 Å². The number of benzene rings is 1. The molecule has 0 radical (unpaired) electrons. The number of esters is 1. The maximum Gasteiger partial charge on any atom is 0.377 e. The van der Waals surface area contributed by atoms with E-state index in [4.69, 9.17) is 5.73 Å². The van der Waals surface area contributed by atoms with Crippen molar-refractivity contribution in [2.75, 3.05) is 7.11 Å². The number of hydrogen-bond donors (Lipinski definition) is 1. The van der Waals surface area contributed by atoms with Crippen LogP contribution in [0.1, 0.15) is 29.1 Å². The SMILES string of the molecule is COC(=O)c1ncn(-c2ccccc2[C@H](C)N)n1. The Morgan fingerprint density at radius 1 is 1.44 bits per heavy atom. The summed E-state index contributed by atoms with van der Waals surface area (Å²) >= 11 is 0. The highest BCUT2D eigenvalue weighted by molar-refractivity contribution is 5.84. The quantitative estimate of drug-likeness (QED) is 0.819. The molecule has 1 aromatic carbocycles. The Balaban J connectivity index is 2.43. The van der Waals surface area contributed by atoms with Gasteiger partial charge in [0, 0.05) is 6.04 Å². The lowest BCUT2D eigenvalue weighted by Gasteiger charge is -2.11. The van der Waals surface area contributed by atoms with Gasteiger partial charge in [-0.3, -0.25) is 0 Å². The van der Waals surface area contributed by atoms with E-state index >= 15 is 0 Å². The fraction of sp³-hybridized carbons (Fsp3) is 0.250. The summed E-state index contributed by atoms with van der Waals surface area (Å²) in [4.78, 5) is 15.2. The van der Waals surface area contributed by atoms with Crippen LogP contribution in [-0.4, -0.2) is 27.8 Å².